The molecule has 1 aromatic heterocycles. The summed E-state index contributed by atoms with van der Waals surface area (Å²) in [4.78, 5) is 25.1. The van der Waals surface area contributed by atoms with Gasteiger partial charge in [0.25, 0.3) is 0 Å². The average Bonchev–Trinajstić information content (AvgIpc) is 2.58. The zero-order chi connectivity index (χ0) is 19.5. The van der Waals surface area contributed by atoms with Crippen LogP contribution in [-0.4, -0.2) is 54.0 Å². The van der Waals surface area contributed by atoms with Gasteiger partial charge in [-0.25, -0.2) is 14.7 Å². The molecule has 0 aliphatic heterocycles. The van der Waals surface area contributed by atoms with Crippen molar-refractivity contribution in [1.29, 1.82) is 0 Å². The molecule has 26 heavy (non-hydrogen) atoms. The summed E-state index contributed by atoms with van der Waals surface area (Å²) in [5.41, 5.74) is -0.558. The molecule has 1 aromatic carbocycles. The highest BCUT2D eigenvalue weighted by Gasteiger charge is 2.36. The van der Waals surface area contributed by atoms with Gasteiger partial charge in [-0.05, 0) is 44.7 Å². The van der Waals surface area contributed by atoms with Gasteiger partial charge in [0.2, 0.25) is 5.43 Å². The number of ether oxygens (including phenoxy) is 2. The van der Waals surface area contributed by atoms with Crippen molar-refractivity contribution in [2.75, 3.05) is 38.2 Å². The van der Waals surface area contributed by atoms with E-state index < -0.39 is 21.4 Å². The Kier molecular flexibility index (Phi) is 6.13. The number of rotatable bonds is 7. The van der Waals surface area contributed by atoms with Gasteiger partial charge in [0, 0.05) is 11.1 Å². The smallest absolute Gasteiger partial charge is 0.317 e. The predicted octanol–water partition coefficient (Wildman–Crippen LogP) is 2.52. The Balaban J connectivity index is 2.44. The molecule has 1 heterocycles. The van der Waals surface area contributed by atoms with E-state index in [2.05, 4.69) is 23.9 Å². The van der Waals surface area contributed by atoms with Gasteiger partial charge >= 0.3 is 5.97 Å². The lowest BCUT2D eigenvalue weighted by Crippen LogP contribution is -2.38. The first kappa shape index (κ1) is 20.5. The topological polar surface area (TPSA) is 70.4 Å². The van der Waals surface area contributed by atoms with E-state index in [9.17, 15) is 9.59 Å². The number of hydrogen-bond donors (Lipinski definition) is 0. The third kappa shape index (κ3) is 4.45. The highest BCUT2D eigenvalue weighted by atomic mass is 32.3. The second-order valence-electron chi connectivity index (χ2n) is 7.64. The molecule has 2 rings (SSSR count). The maximum absolute atomic E-state index is 12.9. The van der Waals surface area contributed by atoms with Crippen LogP contribution in [0.1, 0.15) is 19.5 Å². The van der Waals surface area contributed by atoms with Crippen molar-refractivity contribution >= 4 is 26.9 Å². The minimum atomic E-state index is -1.15. The van der Waals surface area contributed by atoms with Crippen LogP contribution in [0.15, 0.2) is 29.1 Å². The molecule has 0 atom stereocenters. The molecule has 0 aliphatic carbocycles. The number of fused-ring (bicyclic) bond motifs is 1. The number of hydrogen-bond acceptors (Lipinski definition) is 5. The van der Waals surface area contributed by atoms with E-state index in [-0.39, 0.29) is 17.9 Å². The molecule has 0 unspecified atom stereocenters. The summed E-state index contributed by atoms with van der Waals surface area (Å²) in [5.74, 6) is 0.493. The van der Waals surface area contributed by atoms with Gasteiger partial charge in [0.15, 0.2) is 0 Å². The Morgan fingerprint density at radius 1 is 1.23 bits per heavy atom. The van der Waals surface area contributed by atoms with Crippen LogP contribution < -0.4 is 5.43 Å². The quantitative estimate of drug-likeness (QED) is 0.545. The largest absolute Gasteiger partial charge is 0.468 e. The van der Waals surface area contributed by atoms with Gasteiger partial charge < -0.3 is 9.47 Å². The molecule has 144 valence electrons. The molecule has 0 N–H and O–H groups in total. The number of nitrogens with zero attached hydrogens (tertiary/aromatic N) is 2. The third-order valence-electron chi connectivity index (χ3n) is 4.20. The molecule has 0 saturated heterocycles. The summed E-state index contributed by atoms with van der Waals surface area (Å²) < 4.78 is 12.3. The fraction of sp³-hybridized carbons (Fsp3) is 0.526. The Hall–Kier alpha value is -1.86. The number of carbonyl (C=O) groups is 1. The summed E-state index contributed by atoms with van der Waals surface area (Å²) in [5, 5.41) is 4.97. The number of esters is 1. The summed E-state index contributed by atoms with van der Waals surface area (Å²) in [6.07, 6.45) is 6.71. The van der Waals surface area contributed by atoms with Crippen molar-refractivity contribution in [1.82, 2.24) is 9.78 Å². The molecule has 7 heteroatoms. The Bertz CT molecular complexity index is 853. The van der Waals surface area contributed by atoms with Crippen molar-refractivity contribution < 1.29 is 14.3 Å². The lowest BCUT2D eigenvalue weighted by molar-refractivity contribution is -0.146. The molecule has 6 nitrogen and oxygen atoms in total. The highest BCUT2D eigenvalue weighted by Crippen LogP contribution is 2.33. The summed E-state index contributed by atoms with van der Waals surface area (Å²) in [6.45, 7) is 4.13. The van der Waals surface area contributed by atoms with E-state index >= 15 is 0 Å². The summed E-state index contributed by atoms with van der Waals surface area (Å²) in [6, 6.07) is 7.22. The minimum Gasteiger partial charge on any atom is -0.468 e. The van der Waals surface area contributed by atoms with Gasteiger partial charge in [-0.2, -0.15) is 5.10 Å². The molecular formula is C19H28N2O4S. The second-order valence-corrected chi connectivity index (χ2v) is 12.2. The van der Waals surface area contributed by atoms with E-state index in [4.69, 9.17) is 9.47 Å². The Morgan fingerprint density at radius 2 is 1.88 bits per heavy atom. The highest BCUT2D eigenvalue weighted by molar-refractivity contribution is 8.32. The van der Waals surface area contributed by atoms with Crippen molar-refractivity contribution in [3.63, 3.8) is 0 Å². The fourth-order valence-electron chi connectivity index (χ4n) is 2.56. The lowest BCUT2D eigenvalue weighted by atomic mass is 9.88. The monoisotopic (exact) mass is 380 g/mol. The molecule has 0 fully saturated rings. The van der Waals surface area contributed by atoms with Crippen LogP contribution in [0.2, 0.25) is 0 Å². The van der Waals surface area contributed by atoms with E-state index in [0.717, 1.165) is 5.75 Å². The number of para-hydroxylation sites is 1. The van der Waals surface area contributed by atoms with Crippen LogP contribution in [0.4, 0.5) is 0 Å². The molecule has 0 bridgehead atoms. The molecule has 0 saturated carbocycles. The number of carbonyl (C=O) groups excluding carboxylic acids is 1. The molecule has 0 aliphatic rings. The standard InChI is InChI=1S/C19H28N2O4S/c1-19(2,18(23)24-3)17-16(22)14-9-7-8-10-15(14)21(20-17)13-25-11-12-26(4,5)6/h7-10H,11-13H2,1-6H3. The van der Waals surface area contributed by atoms with Crippen molar-refractivity contribution in [2.24, 2.45) is 0 Å². The Labute approximate surface area is 155 Å². The first-order chi connectivity index (χ1) is 12.1. The van der Waals surface area contributed by atoms with E-state index in [1.807, 2.05) is 12.1 Å². The van der Waals surface area contributed by atoms with Crippen LogP contribution >= 0.6 is 10.0 Å². The number of methoxy groups -OCH3 is 1. The maximum Gasteiger partial charge on any atom is 0.317 e. The predicted molar refractivity (Wildman–Crippen MR) is 107 cm³/mol. The molecule has 0 spiro atoms. The third-order valence-corrected chi connectivity index (χ3v) is 5.60. The van der Waals surface area contributed by atoms with Crippen LogP contribution in [0.5, 0.6) is 0 Å². The van der Waals surface area contributed by atoms with Crippen molar-refractivity contribution in [3.05, 3.63) is 40.2 Å². The van der Waals surface area contributed by atoms with Gasteiger partial charge in [-0.15, -0.1) is 0 Å². The molecule has 0 radical (unpaired) electrons. The molecule has 2 aromatic rings. The van der Waals surface area contributed by atoms with Crippen LogP contribution in [0.3, 0.4) is 0 Å². The van der Waals surface area contributed by atoms with Gasteiger partial charge in [0.1, 0.15) is 17.8 Å². The van der Waals surface area contributed by atoms with Crippen LogP contribution in [0.25, 0.3) is 10.9 Å². The average molecular weight is 381 g/mol. The maximum atomic E-state index is 12.9. The van der Waals surface area contributed by atoms with Crippen LogP contribution in [-0.2, 0) is 26.4 Å². The normalized spacial score (nSPS) is 13.0. The first-order valence-electron chi connectivity index (χ1n) is 8.40. The second kappa shape index (κ2) is 7.80. The first-order valence-corrected chi connectivity index (χ1v) is 11.4. The number of benzene rings is 1. The van der Waals surface area contributed by atoms with E-state index in [1.165, 1.54) is 7.11 Å². The van der Waals surface area contributed by atoms with E-state index in [0.29, 0.717) is 17.5 Å². The van der Waals surface area contributed by atoms with Crippen molar-refractivity contribution in [2.45, 2.75) is 26.0 Å². The Morgan fingerprint density at radius 3 is 2.50 bits per heavy atom. The van der Waals surface area contributed by atoms with E-state index in [1.54, 1.807) is 30.7 Å². The van der Waals surface area contributed by atoms with Gasteiger partial charge in [-0.1, -0.05) is 12.1 Å². The summed E-state index contributed by atoms with van der Waals surface area (Å²) in [7, 11) is 0.667. The molecule has 0 amide bonds. The fourth-order valence-corrected chi connectivity index (χ4v) is 3.18. The van der Waals surface area contributed by atoms with Gasteiger partial charge in [0.05, 0.1) is 19.2 Å². The zero-order valence-corrected chi connectivity index (χ0v) is 17.2. The van der Waals surface area contributed by atoms with Crippen molar-refractivity contribution in [3.8, 4) is 0 Å². The van der Waals surface area contributed by atoms with Gasteiger partial charge in [-0.3, -0.25) is 9.59 Å². The summed E-state index contributed by atoms with van der Waals surface area (Å²) >= 11 is 0. The number of aromatic nitrogens is 2. The SMILES string of the molecule is COC(=O)C(C)(C)c1nn(COCCS(C)(C)C)c2ccccc2c1=O. The van der Waals surface area contributed by atoms with Crippen LogP contribution in [0, 0.1) is 0 Å². The minimum absolute atomic E-state index is 0.160. The zero-order valence-electron chi connectivity index (χ0n) is 16.4. The lowest BCUT2D eigenvalue weighted by Gasteiger charge is -2.25. The molecular weight excluding hydrogens is 352 g/mol.